The minimum Gasteiger partial charge on any atom is -0.402 e. The summed E-state index contributed by atoms with van der Waals surface area (Å²) < 4.78 is 5.21. The zero-order valence-electron chi connectivity index (χ0n) is 13.2. The number of hydrogen-bond donors (Lipinski definition) is 1. The van der Waals surface area contributed by atoms with E-state index in [4.69, 9.17) is 4.74 Å². The molecule has 0 saturated heterocycles. The van der Waals surface area contributed by atoms with Crippen LogP contribution < -0.4 is 5.32 Å². The van der Waals surface area contributed by atoms with Gasteiger partial charge >= 0.3 is 5.97 Å². The van der Waals surface area contributed by atoms with Crippen LogP contribution in [0.4, 0.5) is 5.69 Å². The van der Waals surface area contributed by atoms with Crippen molar-refractivity contribution in [3.05, 3.63) is 71.4 Å². The second-order valence-electron chi connectivity index (χ2n) is 5.23. The molecule has 2 aromatic carbocycles. The number of rotatable bonds is 4. The van der Waals surface area contributed by atoms with Crippen molar-refractivity contribution in [2.45, 2.75) is 13.3 Å². The van der Waals surface area contributed by atoms with Crippen molar-refractivity contribution in [1.29, 1.82) is 0 Å². The van der Waals surface area contributed by atoms with Gasteiger partial charge in [-0.05, 0) is 35.9 Å². The van der Waals surface area contributed by atoms with Crippen LogP contribution in [-0.2, 0) is 14.3 Å². The Balaban J connectivity index is 1.79. The van der Waals surface area contributed by atoms with Crippen molar-refractivity contribution >= 4 is 29.5 Å². The Bertz CT molecular complexity index is 821. The zero-order valence-corrected chi connectivity index (χ0v) is 13.2. The summed E-state index contributed by atoms with van der Waals surface area (Å²) >= 11 is 0. The van der Waals surface area contributed by atoms with Crippen LogP contribution in [-0.4, -0.2) is 17.8 Å². The number of carbonyl (C=O) groups is 2. The number of carbonyl (C=O) groups excluding carboxylic acids is 2. The van der Waals surface area contributed by atoms with E-state index in [2.05, 4.69) is 10.3 Å². The van der Waals surface area contributed by atoms with Crippen LogP contribution in [0.15, 0.2) is 65.3 Å². The standard InChI is InChI=1S/C19H16N2O3/c1-2-17(22)20-15-10-8-13(9-11-15)12-16-19(23)24-18(21-16)14-6-4-3-5-7-14/h3-12H,2H2,1H3,(H,20,22)/b16-12-. The van der Waals surface area contributed by atoms with Crippen molar-refractivity contribution in [3.63, 3.8) is 0 Å². The molecule has 1 aliphatic heterocycles. The number of nitrogens with zero attached hydrogens (tertiary/aromatic N) is 1. The van der Waals surface area contributed by atoms with Crippen molar-refractivity contribution in [2.75, 3.05) is 5.32 Å². The molecule has 0 spiro atoms. The first-order valence-corrected chi connectivity index (χ1v) is 7.63. The largest absolute Gasteiger partial charge is 0.402 e. The predicted octanol–water partition coefficient (Wildman–Crippen LogP) is 3.38. The molecule has 1 aliphatic rings. The van der Waals surface area contributed by atoms with Crippen molar-refractivity contribution in [3.8, 4) is 0 Å². The number of aliphatic imine (C=N–C) groups is 1. The minimum atomic E-state index is -0.475. The number of benzene rings is 2. The summed E-state index contributed by atoms with van der Waals surface area (Å²) in [5.74, 6) is -0.214. The third-order valence-electron chi connectivity index (χ3n) is 3.46. The molecule has 1 N–H and O–H groups in total. The Morgan fingerprint density at radius 2 is 1.83 bits per heavy atom. The van der Waals surface area contributed by atoms with Gasteiger partial charge in [0.25, 0.3) is 0 Å². The fraction of sp³-hybridized carbons (Fsp3) is 0.105. The molecule has 2 aromatic rings. The van der Waals surface area contributed by atoms with E-state index in [0.29, 0.717) is 18.0 Å². The first-order chi connectivity index (χ1) is 11.7. The SMILES string of the molecule is CCC(=O)Nc1ccc(/C=C2\N=C(c3ccccc3)OC2=O)cc1. The molecule has 0 radical (unpaired) electrons. The van der Waals surface area contributed by atoms with Crippen LogP contribution in [0.1, 0.15) is 24.5 Å². The van der Waals surface area contributed by atoms with E-state index >= 15 is 0 Å². The molecule has 5 heteroatoms. The van der Waals surface area contributed by atoms with Gasteiger partial charge in [-0.15, -0.1) is 0 Å². The second-order valence-corrected chi connectivity index (χ2v) is 5.23. The van der Waals surface area contributed by atoms with Gasteiger partial charge in [0.15, 0.2) is 5.70 Å². The molecule has 0 bridgehead atoms. The molecule has 1 amide bonds. The quantitative estimate of drug-likeness (QED) is 0.693. The molecule has 120 valence electrons. The fourth-order valence-corrected chi connectivity index (χ4v) is 2.18. The third-order valence-corrected chi connectivity index (χ3v) is 3.46. The van der Waals surface area contributed by atoms with Crippen LogP contribution in [0.25, 0.3) is 6.08 Å². The van der Waals surface area contributed by atoms with Gasteiger partial charge in [-0.1, -0.05) is 37.3 Å². The molecule has 0 unspecified atom stereocenters. The summed E-state index contributed by atoms with van der Waals surface area (Å²) in [7, 11) is 0. The van der Waals surface area contributed by atoms with E-state index in [9.17, 15) is 9.59 Å². The van der Waals surface area contributed by atoms with Crippen molar-refractivity contribution in [2.24, 2.45) is 4.99 Å². The Kier molecular flexibility index (Phi) is 4.52. The maximum Gasteiger partial charge on any atom is 0.363 e. The topological polar surface area (TPSA) is 67.8 Å². The lowest BCUT2D eigenvalue weighted by atomic mass is 10.1. The minimum absolute atomic E-state index is 0.0439. The summed E-state index contributed by atoms with van der Waals surface area (Å²) in [4.78, 5) is 27.6. The fourth-order valence-electron chi connectivity index (χ4n) is 2.18. The summed E-state index contributed by atoms with van der Waals surface area (Å²) in [6.45, 7) is 1.79. The van der Waals surface area contributed by atoms with Crippen LogP contribution >= 0.6 is 0 Å². The number of esters is 1. The first-order valence-electron chi connectivity index (χ1n) is 7.63. The van der Waals surface area contributed by atoms with Gasteiger partial charge in [0.1, 0.15) is 0 Å². The molecule has 0 saturated carbocycles. The maximum atomic E-state index is 12.0. The lowest BCUT2D eigenvalue weighted by Gasteiger charge is -2.03. The molecule has 3 rings (SSSR count). The number of cyclic esters (lactones) is 1. The summed E-state index contributed by atoms with van der Waals surface area (Å²) in [5, 5.41) is 2.77. The van der Waals surface area contributed by atoms with Gasteiger partial charge in [-0.25, -0.2) is 9.79 Å². The van der Waals surface area contributed by atoms with Crippen LogP contribution in [0.3, 0.4) is 0 Å². The maximum absolute atomic E-state index is 12.0. The Morgan fingerprint density at radius 3 is 2.50 bits per heavy atom. The number of hydrogen-bond acceptors (Lipinski definition) is 4. The monoisotopic (exact) mass is 320 g/mol. The van der Waals surface area contributed by atoms with Crippen LogP contribution in [0.5, 0.6) is 0 Å². The molecular weight excluding hydrogens is 304 g/mol. The van der Waals surface area contributed by atoms with Crippen molar-refractivity contribution in [1.82, 2.24) is 0 Å². The van der Waals surface area contributed by atoms with Gasteiger partial charge < -0.3 is 10.1 Å². The van der Waals surface area contributed by atoms with Crippen LogP contribution in [0.2, 0.25) is 0 Å². The van der Waals surface area contributed by atoms with E-state index in [1.807, 2.05) is 42.5 Å². The molecule has 0 aliphatic carbocycles. The lowest BCUT2D eigenvalue weighted by molar-refractivity contribution is -0.129. The Hall–Kier alpha value is -3.21. The van der Waals surface area contributed by atoms with E-state index in [1.165, 1.54) is 0 Å². The number of ether oxygens (including phenoxy) is 1. The first kappa shape index (κ1) is 15.7. The van der Waals surface area contributed by atoms with Gasteiger partial charge in [-0.3, -0.25) is 4.79 Å². The summed E-state index contributed by atoms with van der Waals surface area (Å²) in [6.07, 6.45) is 2.08. The molecule has 1 heterocycles. The molecule has 0 fully saturated rings. The normalized spacial score (nSPS) is 15.1. The number of anilines is 1. The molecular formula is C19H16N2O3. The Morgan fingerprint density at radius 1 is 1.12 bits per heavy atom. The smallest absolute Gasteiger partial charge is 0.363 e. The third kappa shape index (κ3) is 3.57. The summed E-state index contributed by atoms with van der Waals surface area (Å²) in [6, 6.07) is 16.4. The van der Waals surface area contributed by atoms with Gasteiger partial charge in [0.05, 0.1) is 0 Å². The second kappa shape index (κ2) is 6.91. The average Bonchev–Trinajstić information content (AvgIpc) is 2.98. The Labute approximate surface area is 139 Å². The van der Waals surface area contributed by atoms with E-state index in [-0.39, 0.29) is 11.6 Å². The average molecular weight is 320 g/mol. The highest BCUT2D eigenvalue weighted by molar-refractivity contribution is 6.12. The van der Waals surface area contributed by atoms with Gasteiger partial charge in [-0.2, -0.15) is 0 Å². The molecule has 5 nitrogen and oxygen atoms in total. The number of nitrogens with one attached hydrogen (secondary N) is 1. The van der Waals surface area contributed by atoms with E-state index in [1.54, 1.807) is 25.1 Å². The van der Waals surface area contributed by atoms with E-state index < -0.39 is 5.97 Å². The van der Waals surface area contributed by atoms with Crippen LogP contribution in [0, 0.1) is 0 Å². The molecule has 0 atom stereocenters. The molecule has 0 aromatic heterocycles. The summed E-state index contributed by atoms with van der Waals surface area (Å²) in [5.41, 5.74) is 2.52. The zero-order chi connectivity index (χ0) is 16.9. The molecule has 24 heavy (non-hydrogen) atoms. The highest BCUT2D eigenvalue weighted by atomic mass is 16.6. The lowest BCUT2D eigenvalue weighted by Crippen LogP contribution is -2.09. The van der Waals surface area contributed by atoms with Gasteiger partial charge in [0.2, 0.25) is 11.8 Å². The van der Waals surface area contributed by atoms with Gasteiger partial charge in [0, 0.05) is 17.7 Å². The van der Waals surface area contributed by atoms with E-state index in [0.717, 1.165) is 11.1 Å². The highest BCUT2D eigenvalue weighted by Crippen LogP contribution is 2.20. The highest BCUT2D eigenvalue weighted by Gasteiger charge is 2.23. The van der Waals surface area contributed by atoms with Crippen molar-refractivity contribution < 1.29 is 14.3 Å². The number of amides is 1. The predicted molar refractivity (Wildman–Crippen MR) is 92.4 cm³/mol.